The number of fused-ring (bicyclic) bond motifs is 1. The first kappa shape index (κ1) is 21.0. The molecule has 1 atom stereocenters. The first-order valence-corrected chi connectivity index (χ1v) is 11.0. The SMILES string of the molecule is CCC(=O)N1CCc2cc(C(=O)N(C)C(C)c3cccc(S(N)(=O)=O)c3)ccc21. The Kier molecular flexibility index (Phi) is 5.77. The van der Waals surface area contributed by atoms with Crippen LogP contribution in [0.1, 0.15) is 47.8 Å². The highest BCUT2D eigenvalue weighted by molar-refractivity contribution is 7.89. The number of amides is 2. The summed E-state index contributed by atoms with van der Waals surface area (Å²) in [4.78, 5) is 28.4. The molecule has 29 heavy (non-hydrogen) atoms. The fourth-order valence-corrected chi connectivity index (χ4v) is 4.11. The molecular formula is C21H25N3O4S. The molecule has 3 rings (SSSR count). The van der Waals surface area contributed by atoms with Crippen molar-refractivity contribution >= 4 is 27.5 Å². The molecule has 0 saturated carbocycles. The molecule has 2 amide bonds. The van der Waals surface area contributed by atoms with E-state index in [2.05, 4.69) is 0 Å². The maximum Gasteiger partial charge on any atom is 0.254 e. The number of sulfonamides is 1. The van der Waals surface area contributed by atoms with Crippen molar-refractivity contribution in [3.05, 3.63) is 59.2 Å². The number of rotatable bonds is 5. The third kappa shape index (κ3) is 4.18. The number of anilines is 1. The molecule has 2 aromatic rings. The van der Waals surface area contributed by atoms with Crippen LogP contribution < -0.4 is 10.0 Å². The van der Waals surface area contributed by atoms with Crippen LogP contribution in [0, 0.1) is 0 Å². The van der Waals surface area contributed by atoms with Crippen molar-refractivity contribution < 1.29 is 18.0 Å². The van der Waals surface area contributed by atoms with Gasteiger partial charge in [-0.1, -0.05) is 19.1 Å². The smallest absolute Gasteiger partial charge is 0.254 e. The Labute approximate surface area is 171 Å². The van der Waals surface area contributed by atoms with Crippen LogP contribution in [-0.4, -0.2) is 38.7 Å². The van der Waals surface area contributed by atoms with E-state index in [4.69, 9.17) is 5.14 Å². The van der Waals surface area contributed by atoms with Gasteiger partial charge in [-0.2, -0.15) is 0 Å². The summed E-state index contributed by atoms with van der Waals surface area (Å²) in [7, 11) is -2.14. The number of hydrogen-bond acceptors (Lipinski definition) is 4. The van der Waals surface area contributed by atoms with E-state index in [1.807, 2.05) is 26.0 Å². The lowest BCUT2D eigenvalue weighted by Gasteiger charge is -2.26. The predicted molar refractivity (Wildman–Crippen MR) is 111 cm³/mol. The second-order valence-electron chi connectivity index (χ2n) is 7.20. The maximum absolute atomic E-state index is 13.0. The summed E-state index contributed by atoms with van der Waals surface area (Å²) in [6.45, 7) is 4.29. The van der Waals surface area contributed by atoms with Gasteiger partial charge in [0.25, 0.3) is 5.91 Å². The van der Waals surface area contributed by atoms with Crippen molar-refractivity contribution in [2.24, 2.45) is 5.14 Å². The second kappa shape index (κ2) is 7.96. The minimum absolute atomic E-state index is 0.0147. The van der Waals surface area contributed by atoms with Gasteiger partial charge in [-0.3, -0.25) is 9.59 Å². The quantitative estimate of drug-likeness (QED) is 0.810. The average molecular weight is 416 g/mol. The second-order valence-corrected chi connectivity index (χ2v) is 8.76. The topological polar surface area (TPSA) is 101 Å². The van der Waals surface area contributed by atoms with E-state index in [1.54, 1.807) is 35.0 Å². The Morgan fingerprint density at radius 3 is 2.59 bits per heavy atom. The van der Waals surface area contributed by atoms with E-state index in [-0.39, 0.29) is 22.8 Å². The van der Waals surface area contributed by atoms with Gasteiger partial charge in [0.05, 0.1) is 10.9 Å². The molecule has 0 spiro atoms. The van der Waals surface area contributed by atoms with Crippen LogP contribution in [0.15, 0.2) is 47.4 Å². The molecule has 0 radical (unpaired) electrons. The molecule has 2 aromatic carbocycles. The van der Waals surface area contributed by atoms with Crippen molar-refractivity contribution in [3.63, 3.8) is 0 Å². The van der Waals surface area contributed by atoms with Gasteiger partial charge in [-0.05, 0) is 54.8 Å². The fourth-order valence-electron chi connectivity index (χ4n) is 3.54. The Morgan fingerprint density at radius 1 is 1.21 bits per heavy atom. The van der Waals surface area contributed by atoms with E-state index in [1.165, 1.54) is 12.1 Å². The number of benzene rings is 2. The molecule has 0 bridgehead atoms. The molecule has 1 aliphatic heterocycles. The lowest BCUT2D eigenvalue weighted by molar-refractivity contribution is -0.118. The van der Waals surface area contributed by atoms with E-state index >= 15 is 0 Å². The number of nitrogens with zero attached hydrogens (tertiary/aromatic N) is 2. The van der Waals surface area contributed by atoms with Crippen LogP contribution in [0.3, 0.4) is 0 Å². The third-order valence-electron chi connectivity index (χ3n) is 5.40. The highest BCUT2D eigenvalue weighted by Gasteiger charge is 2.26. The van der Waals surface area contributed by atoms with Gasteiger partial charge in [-0.25, -0.2) is 13.6 Å². The largest absolute Gasteiger partial charge is 0.335 e. The normalized spacial score (nSPS) is 14.4. The lowest BCUT2D eigenvalue weighted by atomic mass is 10.0. The van der Waals surface area contributed by atoms with Gasteiger partial charge >= 0.3 is 0 Å². The molecule has 1 heterocycles. The maximum atomic E-state index is 13.0. The molecule has 7 nitrogen and oxygen atoms in total. The lowest BCUT2D eigenvalue weighted by Crippen LogP contribution is -2.30. The summed E-state index contributed by atoms with van der Waals surface area (Å²) in [5.74, 6) is -0.107. The molecule has 1 aliphatic rings. The number of primary sulfonamides is 1. The number of carbonyl (C=O) groups excluding carboxylic acids is 2. The van der Waals surface area contributed by atoms with E-state index in [9.17, 15) is 18.0 Å². The summed E-state index contributed by atoms with van der Waals surface area (Å²) < 4.78 is 23.2. The molecule has 0 saturated heterocycles. The van der Waals surface area contributed by atoms with Crippen molar-refractivity contribution in [3.8, 4) is 0 Å². The van der Waals surface area contributed by atoms with Crippen LogP contribution in [0.5, 0.6) is 0 Å². The third-order valence-corrected chi connectivity index (χ3v) is 6.31. The van der Waals surface area contributed by atoms with Gasteiger partial charge in [0.2, 0.25) is 15.9 Å². The van der Waals surface area contributed by atoms with E-state index < -0.39 is 10.0 Å². The summed E-state index contributed by atoms with van der Waals surface area (Å²) in [5, 5.41) is 5.21. The van der Waals surface area contributed by atoms with E-state index in [0.29, 0.717) is 24.1 Å². The van der Waals surface area contributed by atoms with Gasteiger partial charge in [0, 0.05) is 31.3 Å². The van der Waals surface area contributed by atoms with Crippen molar-refractivity contribution in [1.82, 2.24) is 4.90 Å². The number of hydrogen-bond donors (Lipinski definition) is 1. The predicted octanol–water partition coefficient (Wildman–Crippen LogP) is 2.47. The first-order valence-electron chi connectivity index (χ1n) is 9.46. The minimum atomic E-state index is -3.81. The Morgan fingerprint density at radius 2 is 1.93 bits per heavy atom. The first-order chi connectivity index (χ1) is 13.6. The molecule has 0 aliphatic carbocycles. The Bertz CT molecular complexity index is 1070. The number of nitrogens with two attached hydrogens (primary N) is 1. The highest BCUT2D eigenvalue weighted by Crippen LogP contribution is 2.30. The zero-order chi connectivity index (χ0) is 21.3. The summed E-state index contributed by atoms with van der Waals surface area (Å²) >= 11 is 0. The molecular weight excluding hydrogens is 390 g/mol. The fraction of sp³-hybridized carbons (Fsp3) is 0.333. The molecule has 1 unspecified atom stereocenters. The summed E-state index contributed by atoms with van der Waals surface area (Å²) in [6, 6.07) is 11.3. The van der Waals surface area contributed by atoms with Crippen LogP contribution >= 0.6 is 0 Å². The minimum Gasteiger partial charge on any atom is -0.335 e. The molecule has 154 valence electrons. The Hall–Kier alpha value is -2.71. The van der Waals surface area contributed by atoms with Crippen molar-refractivity contribution in [2.75, 3.05) is 18.5 Å². The molecule has 0 fully saturated rings. The highest BCUT2D eigenvalue weighted by atomic mass is 32.2. The van der Waals surface area contributed by atoms with Crippen LogP contribution in [0.2, 0.25) is 0 Å². The van der Waals surface area contributed by atoms with Gasteiger partial charge in [0.1, 0.15) is 0 Å². The monoisotopic (exact) mass is 415 g/mol. The summed E-state index contributed by atoms with van der Waals surface area (Å²) in [6.07, 6.45) is 1.16. The molecule has 2 N–H and O–H groups in total. The molecule has 0 aromatic heterocycles. The van der Waals surface area contributed by atoms with Crippen molar-refractivity contribution in [1.29, 1.82) is 0 Å². The van der Waals surface area contributed by atoms with E-state index in [0.717, 1.165) is 17.7 Å². The zero-order valence-corrected chi connectivity index (χ0v) is 17.6. The Balaban J connectivity index is 1.83. The zero-order valence-electron chi connectivity index (χ0n) is 16.8. The van der Waals surface area contributed by atoms with Gasteiger partial charge in [0.15, 0.2) is 0 Å². The van der Waals surface area contributed by atoms with Gasteiger partial charge in [-0.15, -0.1) is 0 Å². The van der Waals surface area contributed by atoms with Crippen LogP contribution in [-0.2, 0) is 21.2 Å². The van der Waals surface area contributed by atoms with Gasteiger partial charge < -0.3 is 9.80 Å². The van der Waals surface area contributed by atoms with Crippen LogP contribution in [0.25, 0.3) is 0 Å². The molecule has 8 heteroatoms. The van der Waals surface area contributed by atoms with Crippen molar-refractivity contribution in [2.45, 2.75) is 37.6 Å². The summed E-state index contributed by atoms with van der Waals surface area (Å²) in [5.41, 5.74) is 3.06. The van der Waals surface area contributed by atoms with Crippen LogP contribution in [0.4, 0.5) is 5.69 Å². The standard InChI is InChI=1S/C21H25N3O4S/c1-4-20(25)24-11-10-16-12-17(8-9-19(16)24)21(26)23(3)14(2)15-6-5-7-18(13-15)29(22,27)28/h5-9,12-14H,4,10-11H2,1-3H3,(H2,22,27,28). The average Bonchev–Trinajstić information content (AvgIpc) is 3.14. The number of carbonyl (C=O) groups is 2.